The normalized spacial score (nSPS) is 17.3. The lowest BCUT2D eigenvalue weighted by Gasteiger charge is -2.06. The van der Waals surface area contributed by atoms with Crippen molar-refractivity contribution in [1.29, 1.82) is 0 Å². The van der Waals surface area contributed by atoms with Crippen LogP contribution in [0.2, 0.25) is 0 Å². The monoisotopic (exact) mass is 330 g/mol. The number of aryl methyl sites for hydroxylation is 1. The maximum atomic E-state index is 12.0. The molecule has 23 heavy (non-hydrogen) atoms. The average molecular weight is 330 g/mol. The minimum atomic E-state index is 0.0370. The van der Waals surface area contributed by atoms with E-state index in [1.165, 1.54) is 28.9 Å². The molecule has 0 bridgehead atoms. The Bertz CT molecular complexity index is 647. The number of rotatable bonds is 6. The van der Waals surface area contributed by atoms with E-state index in [-0.39, 0.29) is 5.91 Å². The van der Waals surface area contributed by atoms with Gasteiger partial charge >= 0.3 is 0 Å². The summed E-state index contributed by atoms with van der Waals surface area (Å²) in [5.41, 5.74) is 2.45. The number of nitrogens with zero attached hydrogens (tertiary/aromatic N) is 2. The quantitative estimate of drug-likeness (QED) is 0.855. The first-order valence-electron chi connectivity index (χ1n) is 8.07. The van der Waals surface area contributed by atoms with Crippen molar-refractivity contribution in [3.8, 4) is 0 Å². The van der Waals surface area contributed by atoms with Gasteiger partial charge in [-0.05, 0) is 44.3 Å². The second-order valence-electron chi connectivity index (χ2n) is 6.11. The standard InChI is InChI=1S/C17H22N4OS/c1-12-2-4-13(5-3-12)10-16-20-21-17(23-16)19-15(22)7-6-14-8-9-18-11-14/h2-5,14,18H,6-11H2,1H3,(H,19,21,22). The van der Waals surface area contributed by atoms with Crippen molar-refractivity contribution in [2.75, 3.05) is 18.4 Å². The molecule has 1 saturated heterocycles. The Morgan fingerprint density at radius 1 is 1.35 bits per heavy atom. The summed E-state index contributed by atoms with van der Waals surface area (Å²) in [6.45, 7) is 4.18. The van der Waals surface area contributed by atoms with Gasteiger partial charge in [-0.2, -0.15) is 0 Å². The molecule has 1 aromatic carbocycles. The summed E-state index contributed by atoms with van der Waals surface area (Å²) in [5, 5.41) is 16.0. The molecule has 1 aliphatic rings. The predicted octanol–water partition coefficient (Wildman–Crippen LogP) is 2.77. The first-order chi connectivity index (χ1) is 11.2. The molecule has 1 atom stereocenters. The van der Waals surface area contributed by atoms with E-state index in [2.05, 4.69) is 52.0 Å². The molecule has 2 N–H and O–H groups in total. The number of carbonyl (C=O) groups is 1. The van der Waals surface area contributed by atoms with Gasteiger partial charge in [0.15, 0.2) is 0 Å². The second kappa shape index (κ2) is 7.66. The van der Waals surface area contributed by atoms with Gasteiger partial charge in [0.2, 0.25) is 11.0 Å². The van der Waals surface area contributed by atoms with E-state index >= 15 is 0 Å². The maximum absolute atomic E-state index is 12.0. The zero-order valence-corrected chi connectivity index (χ0v) is 14.2. The third-order valence-electron chi connectivity index (χ3n) is 4.13. The molecule has 1 fully saturated rings. The summed E-state index contributed by atoms with van der Waals surface area (Å²) in [6, 6.07) is 8.39. The van der Waals surface area contributed by atoms with Crippen LogP contribution in [0.4, 0.5) is 5.13 Å². The largest absolute Gasteiger partial charge is 0.316 e. The molecule has 6 heteroatoms. The van der Waals surface area contributed by atoms with Crippen molar-refractivity contribution >= 4 is 22.4 Å². The van der Waals surface area contributed by atoms with Gasteiger partial charge in [-0.3, -0.25) is 4.79 Å². The van der Waals surface area contributed by atoms with Crippen molar-refractivity contribution < 1.29 is 4.79 Å². The van der Waals surface area contributed by atoms with Crippen molar-refractivity contribution in [3.05, 3.63) is 40.4 Å². The molecular formula is C17H22N4OS. The topological polar surface area (TPSA) is 66.9 Å². The lowest BCUT2D eigenvalue weighted by molar-refractivity contribution is -0.116. The number of hydrogen-bond acceptors (Lipinski definition) is 5. The number of amides is 1. The molecule has 1 aliphatic heterocycles. The van der Waals surface area contributed by atoms with E-state index in [1.54, 1.807) is 0 Å². The third kappa shape index (κ3) is 4.84. The summed E-state index contributed by atoms with van der Waals surface area (Å²) >= 11 is 1.45. The Balaban J connectivity index is 1.48. The lowest BCUT2D eigenvalue weighted by Crippen LogP contribution is -2.14. The molecule has 1 aromatic heterocycles. The molecule has 0 aliphatic carbocycles. The summed E-state index contributed by atoms with van der Waals surface area (Å²) in [6.07, 6.45) is 3.42. The van der Waals surface area contributed by atoms with Gasteiger partial charge in [-0.1, -0.05) is 41.2 Å². The van der Waals surface area contributed by atoms with E-state index < -0.39 is 0 Å². The summed E-state index contributed by atoms with van der Waals surface area (Å²) in [7, 11) is 0. The zero-order chi connectivity index (χ0) is 16.1. The molecule has 2 aromatic rings. The number of aromatic nitrogens is 2. The minimum absolute atomic E-state index is 0.0370. The number of anilines is 1. The fraction of sp³-hybridized carbons (Fsp3) is 0.471. The highest BCUT2D eigenvalue weighted by molar-refractivity contribution is 7.15. The van der Waals surface area contributed by atoms with Crippen LogP contribution in [-0.4, -0.2) is 29.2 Å². The van der Waals surface area contributed by atoms with Crippen LogP contribution < -0.4 is 10.6 Å². The van der Waals surface area contributed by atoms with Gasteiger partial charge in [-0.15, -0.1) is 10.2 Å². The van der Waals surface area contributed by atoms with E-state index in [4.69, 9.17) is 0 Å². The highest BCUT2D eigenvalue weighted by Gasteiger charge is 2.16. The lowest BCUT2D eigenvalue weighted by atomic mass is 10.0. The molecule has 3 rings (SSSR count). The van der Waals surface area contributed by atoms with E-state index in [0.29, 0.717) is 17.5 Å². The van der Waals surface area contributed by atoms with Gasteiger partial charge < -0.3 is 10.6 Å². The van der Waals surface area contributed by atoms with Crippen molar-refractivity contribution in [3.63, 3.8) is 0 Å². The van der Waals surface area contributed by atoms with Crippen LogP contribution in [0.5, 0.6) is 0 Å². The average Bonchev–Trinajstić information content (AvgIpc) is 3.20. The zero-order valence-electron chi connectivity index (χ0n) is 13.3. The van der Waals surface area contributed by atoms with Crippen LogP contribution in [0, 0.1) is 12.8 Å². The Labute approximate surface area is 140 Å². The summed E-state index contributed by atoms with van der Waals surface area (Å²) in [5.74, 6) is 0.669. The van der Waals surface area contributed by atoms with Gasteiger partial charge in [0.1, 0.15) is 5.01 Å². The minimum Gasteiger partial charge on any atom is -0.316 e. The highest BCUT2D eigenvalue weighted by Crippen LogP contribution is 2.20. The number of benzene rings is 1. The smallest absolute Gasteiger partial charge is 0.226 e. The predicted molar refractivity (Wildman–Crippen MR) is 92.7 cm³/mol. The highest BCUT2D eigenvalue weighted by atomic mass is 32.1. The molecule has 0 saturated carbocycles. The van der Waals surface area contributed by atoms with Crippen molar-refractivity contribution in [1.82, 2.24) is 15.5 Å². The third-order valence-corrected chi connectivity index (χ3v) is 4.97. The molecule has 0 radical (unpaired) electrons. The van der Waals surface area contributed by atoms with Crippen LogP contribution >= 0.6 is 11.3 Å². The SMILES string of the molecule is Cc1ccc(Cc2nnc(NC(=O)CCC3CCNC3)s2)cc1. The van der Waals surface area contributed by atoms with Gasteiger partial charge in [0, 0.05) is 12.8 Å². The molecule has 2 heterocycles. The molecular weight excluding hydrogens is 308 g/mol. The molecule has 0 spiro atoms. The Morgan fingerprint density at radius 3 is 2.91 bits per heavy atom. The first-order valence-corrected chi connectivity index (χ1v) is 8.89. The van der Waals surface area contributed by atoms with Crippen molar-refractivity contribution in [2.24, 2.45) is 5.92 Å². The van der Waals surface area contributed by atoms with Crippen LogP contribution in [0.3, 0.4) is 0 Å². The first kappa shape index (κ1) is 16.1. The van der Waals surface area contributed by atoms with Crippen LogP contribution in [0.25, 0.3) is 0 Å². The molecule has 1 amide bonds. The maximum Gasteiger partial charge on any atom is 0.226 e. The van der Waals surface area contributed by atoms with E-state index in [0.717, 1.165) is 30.9 Å². The Morgan fingerprint density at radius 2 is 2.17 bits per heavy atom. The van der Waals surface area contributed by atoms with E-state index in [9.17, 15) is 4.79 Å². The fourth-order valence-electron chi connectivity index (χ4n) is 2.73. The van der Waals surface area contributed by atoms with E-state index in [1.807, 2.05) is 0 Å². The molecule has 5 nitrogen and oxygen atoms in total. The number of carbonyl (C=O) groups excluding carboxylic acids is 1. The Kier molecular flexibility index (Phi) is 5.35. The summed E-state index contributed by atoms with van der Waals surface area (Å²) in [4.78, 5) is 12.0. The van der Waals surface area contributed by atoms with Crippen LogP contribution in [0.15, 0.2) is 24.3 Å². The van der Waals surface area contributed by atoms with Gasteiger partial charge in [-0.25, -0.2) is 0 Å². The number of hydrogen-bond donors (Lipinski definition) is 2. The van der Waals surface area contributed by atoms with Gasteiger partial charge in [0.25, 0.3) is 0 Å². The number of nitrogens with one attached hydrogen (secondary N) is 2. The summed E-state index contributed by atoms with van der Waals surface area (Å²) < 4.78 is 0. The van der Waals surface area contributed by atoms with Gasteiger partial charge in [0.05, 0.1) is 0 Å². The Hall–Kier alpha value is -1.79. The van der Waals surface area contributed by atoms with Crippen LogP contribution in [0.1, 0.15) is 35.4 Å². The fourth-order valence-corrected chi connectivity index (χ4v) is 3.52. The second-order valence-corrected chi connectivity index (χ2v) is 7.17. The van der Waals surface area contributed by atoms with Crippen LogP contribution in [-0.2, 0) is 11.2 Å². The van der Waals surface area contributed by atoms with Crippen molar-refractivity contribution in [2.45, 2.75) is 32.6 Å². The molecule has 122 valence electrons. The molecule has 1 unspecified atom stereocenters.